The molecule has 0 radical (unpaired) electrons. The molecule has 156 valence electrons. The lowest BCUT2D eigenvalue weighted by atomic mass is 9.87. The van der Waals surface area contributed by atoms with Crippen LogP contribution >= 0.6 is 0 Å². The normalized spacial score (nSPS) is 17.5. The molecule has 1 aliphatic heterocycles. The number of allylic oxidation sites excluding steroid dienone is 1. The van der Waals surface area contributed by atoms with Crippen molar-refractivity contribution in [2.75, 3.05) is 26.3 Å². The SMILES string of the molecule is C=C(NCCO)C(C)CC(CC(CC)N1CCCC1=O)C(=O)OCCCC. The first-order chi connectivity index (χ1) is 12.9. The summed E-state index contributed by atoms with van der Waals surface area (Å²) in [6.45, 7) is 11.9. The van der Waals surface area contributed by atoms with Crippen molar-refractivity contribution in [2.45, 2.75) is 71.8 Å². The summed E-state index contributed by atoms with van der Waals surface area (Å²) in [4.78, 5) is 26.8. The molecule has 27 heavy (non-hydrogen) atoms. The molecule has 1 rings (SSSR count). The van der Waals surface area contributed by atoms with Crippen LogP contribution in [0.3, 0.4) is 0 Å². The smallest absolute Gasteiger partial charge is 0.309 e. The maximum absolute atomic E-state index is 12.7. The molecule has 0 saturated carbocycles. The fourth-order valence-electron chi connectivity index (χ4n) is 3.58. The number of hydrogen-bond donors (Lipinski definition) is 2. The molecule has 0 aromatic heterocycles. The number of carbonyl (C=O) groups excluding carboxylic acids is 2. The van der Waals surface area contributed by atoms with Gasteiger partial charge in [0, 0.05) is 31.2 Å². The predicted molar refractivity (Wildman–Crippen MR) is 107 cm³/mol. The van der Waals surface area contributed by atoms with E-state index in [0.29, 0.717) is 32.4 Å². The Morgan fingerprint density at radius 1 is 1.37 bits per heavy atom. The lowest BCUT2D eigenvalue weighted by Crippen LogP contribution is -2.39. The van der Waals surface area contributed by atoms with Crippen LogP contribution in [0.15, 0.2) is 12.3 Å². The summed E-state index contributed by atoms with van der Waals surface area (Å²) in [6, 6.07) is 0.0783. The Kier molecular flexibility index (Phi) is 11.1. The summed E-state index contributed by atoms with van der Waals surface area (Å²) in [5.41, 5.74) is 0.820. The first-order valence-corrected chi connectivity index (χ1v) is 10.4. The van der Waals surface area contributed by atoms with Crippen LogP contribution in [0.2, 0.25) is 0 Å². The summed E-state index contributed by atoms with van der Waals surface area (Å²) < 4.78 is 5.51. The van der Waals surface area contributed by atoms with Crippen LogP contribution in [0.5, 0.6) is 0 Å². The van der Waals surface area contributed by atoms with Gasteiger partial charge in [-0.3, -0.25) is 9.59 Å². The van der Waals surface area contributed by atoms with E-state index in [1.807, 2.05) is 11.8 Å². The Balaban J connectivity index is 2.77. The van der Waals surface area contributed by atoms with E-state index in [2.05, 4.69) is 25.7 Å². The molecule has 1 aliphatic rings. The standard InChI is InChI=1S/C21H38N2O4/c1-5-7-13-27-21(26)18(14-16(3)17(4)22-10-12-24)15-19(6-2)23-11-8-9-20(23)25/h16,18-19,22,24H,4-15H2,1-3H3. The maximum Gasteiger partial charge on any atom is 0.309 e. The van der Waals surface area contributed by atoms with E-state index in [9.17, 15) is 9.59 Å². The minimum absolute atomic E-state index is 0.0448. The van der Waals surface area contributed by atoms with Gasteiger partial charge in [0.2, 0.25) is 5.91 Å². The number of aliphatic hydroxyl groups is 1. The molecule has 1 saturated heterocycles. The van der Waals surface area contributed by atoms with Gasteiger partial charge in [-0.05, 0) is 38.0 Å². The zero-order valence-electron chi connectivity index (χ0n) is 17.3. The molecule has 1 heterocycles. The highest BCUT2D eigenvalue weighted by atomic mass is 16.5. The van der Waals surface area contributed by atoms with E-state index in [1.54, 1.807) is 0 Å². The van der Waals surface area contributed by atoms with E-state index >= 15 is 0 Å². The van der Waals surface area contributed by atoms with Gasteiger partial charge in [0.25, 0.3) is 0 Å². The number of ether oxygens (including phenoxy) is 1. The van der Waals surface area contributed by atoms with Gasteiger partial charge in [0.15, 0.2) is 0 Å². The van der Waals surface area contributed by atoms with Crippen molar-refractivity contribution in [1.82, 2.24) is 10.2 Å². The molecule has 3 atom stereocenters. The van der Waals surface area contributed by atoms with Gasteiger partial charge in [0.1, 0.15) is 0 Å². The number of nitrogens with zero attached hydrogens (tertiary/aromatic N) is 1. The number of nitrogens with one attached hydrogen (secondary N) is 1. The number of aliphatic hydroxyl groups excluding tert-OH is 1. The number of carbonyl (C=O) groups is 2. The van der Waals surface area contributed by atoms with Crippen molar-refractivity contribution >= 4 is 11.9 Å². The maximum atomic E-state index is 12.7. The van der Waals surface area contributed by atoms with Gasteiger partial charge in [0.05, 0.1) is 19.1 Å². The van der Waals surface area contributed by atoms with Crippen LogP contribution in [-0.4, -0.2) is 54.2 Å². The van der Waals surface area contributed by atoms with E-state index in [1.165, 1.54) is 0 Å². The van der Waals surface area contributed by atoms with Gasteiger partial charge in [-0.25, -0.2) is 0 Å². The zero-order valence-corrected chi connectivity index (χ0v) is 17.3. The summed E-state index contributed by atoms with van der Waals surface area (Å²) >= 11 is 0. The van der Waals surface area contributed by atoms with Crippen molar-refractivity contribution in [3.63, 3.8) is 0 Å². The Bertz CT molecular complexity index is 481. The van der Waals surface area contributed by atoms with Gasteiger partial charge >= 0.3 is 5.97 Å². The molecule has 0 aliphatic carbocycles. The highest BCUT2D eigenvalue weighted by Crippen LogP contribution is 2.27. The highest BCUT2D eigenvalue weighted by molar-refractivity contribution is 5.78. The quantitative estimate of drug-likeness (QED) is 0.357. The molecule has 1 amide bonds. The van der Waals surface area contributed by atoms with Gasteiger partial charge in [-0.1, -0.05) is 33.8 Å². The van der Waals surface area contributed by atoms with E-state index in [-0.39, 0.29) is 36.4 Å². The second-order valence-corrected chi connectivity index (χ2v) is 7.52. The fourth-order valence-corrected chi connectivity index (χ4v) is 3.58. The van der Waals surface area contributed by atoms with Crippen LogP contribution in [0.4, 0.5) is 0 Å². The number of esters is 1. The third-order valence-corrected chi connectivity index (χ3v) is 5.35. The molecular formula is C21H38N2O4. The number of amides is 1. The van der Waals surface area contributed by atoms with Crippen molar-refractivity contribution < 1.29 is 19.4 Å². The van der Waals surface area contributed by atoms with Crippen LogP contribution in [0.25, 0.3) is 0 Å². The molecule has 6 nitrogen and oxygen atoms in total. The summed E-state index contributed by atoms with van der Waals surface area (Å²) in [5, 5.41) is 12.1. The minimum Gasteiger partial charge on any atom is -0.465 e. The van der Waals surface area contributed by atoms with Crippen LogP contribution in [0.1, 0.15) is 65.7 Å². The minimum atomic E-state index is -0.261. The van der Waals surface area contributed by atoms with Crippen molar-refractivity contribution in [2.24, 2.45) is 11.8 Å². The van der Waals surface area contributed by atoms with Gasteiger partial charge in [-0.15, -0.1) is 0 Å². The molecule has 2 N–H and O–H groups in total. The molecule has 6 heteroatoms. The lowest BCUT2D eigenvalue weighted by molar-refractivity contribution is -0.150. The number of rotatable bonds is 14. The van der Waals surface area contributed by atoms with E-state index in [4.69, 9.17) is 9.84 Å². The number of likely N-dealkylation sites (tertiary alicyclic amines) is 1. The molecule has 0 aromatic rings. The first-order valence-electron chi connectivity index (χ1n) is 10.4. The monoisotopic (exact) mass is 382 g/mol. The topological polar surface area (TPSA) is 78.9 Å². The molecule has 0 bridgehead atoms. The summed E-state index contributed by atoms with van der Waals surface area (Å²) in [7, 11) is 0. The predicted octanol–water partition coefficient (Wildman–Crippen LogP) is 2.86. The van der Waals surface area contributed by atoms with Crippen LogP contribution in [0, 0.1) is 11.8 Å². The number of hydrogen-bond acceptors (Lipinski definition) is 5. The summed E-state index contributed by atoms with van der Waals surface area (Å²) in [5.74, 6) is -0.160. The summed E-state index contributed by atoms with van der Waals surface area (Å²) in [6.07, 6.45) is 5.45. The second kappa shape index (κ2) is 12.8. The van der Waals surface area contributed by atoms with Crippen molar-refractivity contribution in [3.05, 3.63) is 12.3 Å². The van der Waals surface area contributed by atoms with E-state index in [0.717, 1.165) is 37.9 Å². The molecule has 1 fully saturated rings. The Morgan fingerprint density at radius 2 is 2.11 bits per heavy atom. The van der Waals surface area contributed by atoms with Gasteiger partial charge < -0.3 is 20.1 Å². The average Bonchev–Trinajstić information content (AvgIpc) is 3.08. The zero-order chi connectivity index (χ0) is 20.2. The molecule has 0 spiro atoms. The highest BCUT2D eigenvalue weighted by Gasteiger charge is 2.32. The molecule has 3 unspecified atom stereocenters. The molecular weight excluding hydrogens is 344 g/mol. The average molecular weight is 383 g/mol. The first kappa shape index (κ1) is 23.5. The molecule has 0 aromatic carbocycles. The van der Waals surface area contributed by atoms with Gasteiger partial charge in [-0.2, -0.15) is 0 Å². The van der Waals surface area contributed by atoms with Crippen molar-refractivity contribution in [3.8, 4) is 0 Å². The fraction of sp³-hybridized carbons (Fsp3) is 0.810. The Hall–Kier alpha value is -1.56. The van der Waals surface area contributed by atoms with Crippen LogP contribution in [-0.2, 0) is 14.3 Å². The number of unbranched alkanes of at least 4 members (excludes halogenated alkanes) is 1. The second-order valence-electron chi connectivity index (χ2n) is 7.52. The lowest BCUT2D eigenvalue weighted by Gasteiger charge is -2.31. The largest absolute Gasteiger partial charge is 0.465 e. The van der Waals surface area contributed by atoms with Crippen LogP contribution < -0.4 is 5.32 Å². The third-order valence-electron chi connectivity index (χ3n) is 5.35. The third kappa shape index (κ3) is 7.91. The van der Waals surface area contributed by atoms with E-state index < -0.39 is 0 Å². The Morgan fingerprint density at radius 3 is 2.67 bits per heavy atom. The van der Waals surface area contributed by atoms with Crippen molar-refractivity contribution in [1.29, 1.82) is 0 Å². The Labute approximate surface area is 164 Å².